The van der Waals surface area contributed by atoms with Crippen molar-refractivity contribution in [2.24, 2.45) is 5.92 Å². The van der Waals surface area contributed by atoms with Crippen LogP contribution in [0.25, 0.3) is 11.4 Å². The fraction of sp³-hybridized carbons (Fsp3) is 0.556. The average molecular weight is 327 g/mol. The monoisotopic (exact) mass is 327 g/mol. The lowest BCUT2D eigenvalue weighted by Gasteiger charge is -2.31. The molecule has 0 saturated carbocycles. The van der Waals surface area contributed by atoms with E-state index < -0.39 is 0 Å². The van der Waals surface area contributed by atoms with E-state index in [-0.39, 0.29) is 11.9 Å². The summed E-state index contributed by atoms with van der Waals surface area (Å²) in [6.07, 6.45) is 8.58. The summed E-state index contributed by atoms with van der Waals surface area (Å²) >= 11 is 0. The largest absolute Gasteiger partial charge is 0.343 e. The van der Waals surface area contributed by atoms with E-state index in [4.69, 9.17) is 0 Å². The summed E-state index contributed by atoms with van der Waals surface area (Å²) in [5, 5.41) is 4.34. The molecule has 128 valence electrons. The summed E-state index contributed by atoms with van der Waals surface area (Å²) in [5.74, 6) is 0.645. The Labute approximate surface area is 142 Å². The molecule has 0 spiro atoms. The number of carbonyl (C=O) groups is 1. The first-order chi connectivity index (χ1) is 11.5. The van der Waals surface area contributed by atoms with Crippen LogP contribution in [0.15, 0.2) is 24.7 Å². The van der Waals surface area contributed by atoms with Crippen molar-refractivity contribution in [3.63, 3.8) is 0 Å². The van der Waals surface area contributed by atoms with Gasteiger partial charge in [0.1, 0.15) is 5.69 Å². The molecule has 6 nitrogen and oxygen atoms in total. The van der Waals surface area contributed by atoms with Gasteiger partial charge in [-0.2, -0.15) is 5.10 Å². The van der Waals surface area contributed by atoms with Gasteiger partial charge in [-0.1, -0.05) is 0 Å². The first-order valence-corrected chi connectivity index (χ1v) is 8.65. The van der Waals surface area contributed by atoms with E-state index in [0.29, 0.717) is 5.92 Å². The van der Waals surface area contributed by atoms with Crippen LogP contribution in [0.3, 0.4) is 0 Å². The number of amides is 1. The zero-order valence-electron chi connectivity index (χ0n) is 14.6. The van der Waals surface area contributed by atoms with Gasteiger partial charge in [-0.25, -0.2) is 0 Å². The van der Waals surface area contributed by atoms with E-state index in [9.17, 15) is 4.79 Å². The van der Waals surface area contributed by atoms with Crippen LogP contribution in [-0.2, 0) is 11.2 Å². The van der Waals surface area contributed by atoms with Gasteiger partial charge in [-0.3, -0.25) is 19.4 Å². The third-order valence-corrected chi connectivity index (χ3v) is 4.59. The number of aromatic nitrogens is 4. The van der Waals surface area contributed by atoms with Gasteiger partial charge >= 0.3 is 0 Å². The first-order valence-electron chi connectivity index (χ1n) is 8.65. The fourth-order valence-electron chi connectivity index (χ4n) is 3.33. The van der Waals surface area contributed by atoms with Crippen molar-refractivity contribution in [2.45, 2.75) is 46.1 Å². The van der Waals surface area contributed by atoms with E-state index in [1.807, 2.05) is 28.0 Å². The molecule has 0 radical (unpaired) electrons. The summed E-state index contributed by atoms with van der Waals surface area (Å²) < 4.78 is 1.95. The van der Waals surface area contributed by atoms with Crippen LogP contribution < -0.4 is 0 Å². The van der Waals surface area contributed by atoms with Crippen molar-refractivity contribution in [2.75, 3.05) is 13.1 Å². The van der Waals surface area contributed by atoms with Gasteiger partial charge in [-0.05, 0) is 45.1 Å². The lowest BCUT2D eigenvalue weighted by atomic mass is 9.93. The molecule has 1 saturated heterocycles. The molecular formula is C18H25N5O. The van der Waals surface area contributed by atoms with Crippen LogP contribution in [0, 0.1) is 5.92 Å². The Morgan fingerprint density at radius 1 is 1.33 bits per heavy atom. The van der Waals surface area contributed by atoms with Crippen molar-refractivity contribution in [1.82, 2.24) is 24.6 Å². The van der Waals surface area contributed by atoms with E-state index in [1.54, 1.807) is 13.1 Å². The molecular weight excluding hydrogens is 302 g/mol. The van der Waals surface area contributed by atoms with Gasteiger partial charge in [0.25, 0.3) is 0 Å². The molecule has 0 unspecified atom stereocenters. The number of nitrogens with zero attached hydrogens (tertiary/aromatic N) is 5. The lowest BCUT2D eigenvalue weighted by Crippen LogP contribution is -2.39. The predicted molar refractivity (Wildman–Crippen MR) is 92.3 cm³/mol. The normalized spacial score (nSPS) is 18.2. The van der Waals surface area contributed by atoms with E-state index in [1.165, 1.54) is 0 Å². The SMILES string of the molecule is CC(=O)N1CCC[C@H](Cc2cnc(-c3ccnn3C(C)C)cn2)C1. The summed E-state index contributed by atoms with van der Waals surface area (Å²) in [4.78, 5) is 22.7. The average Bonchev–Trinajstić information content (AvgIpc) is 3.06. The minimum absolute atomic E-state index is 0.170. The Morgan fingerprint density at radius 2 is 2.17 bits per heavy atom. The van der Waals surface area contributed by atoms with Crippen LogP contribution in [0.5, 0.6) is 0 Å². The number of likely N-dealkylation sites (tertiary alicyclic amines) is 1. The van der Waals surface area contributed by atoms with Crippen molar-refractivity contribution in [3.8, 4) is 11.4 Å². The molecule has 1 aliphatic heterocycles. The second-order valence-electron chi connectivity index (χ2n) is 6.83. The maximum atomic E-state index is 11.5. The molecule has 0 bridgehead atoms. The zero-order chi connectivity index (χ0) is 17.1. The highest BCUT2D eigenvalue weighted by atomic mass is 16.2. The highest BCUT2D eigenvalue weighted by Crippen LogP contribution is 2.22. The van der Waals surface area contributed by atoms with Gasteiger partial charge in [0.05, 0.1) is 17.6 Å². The second-order valence-corrected chi connectivity index (χ2v) is 6.83. The number of piperidine rings is 1. The molecule has 0 N–H and O–H groups in total. The summed E-state index contributed by atoms with van der Waals surface area (Å²) in [6, 6.07) is 2.26. The molecule has 1 amide bonds. The van der Waals surface area contributed by atoms with Gasteiger partial charge < -0.3 is 4.90 Å². The molecule has 0 aliphatic carbocycles. The molecule has 2 aromatic rings. The quantitative estimate of drug-likeness (QED) is 0.866. The number of carbonyl (C=O) groups excluding carboxylic acids is 1. The van der Waals surface area contributed by atoms with Gasteiger partial charge in [-0.15, -0.1) is 0 Å². The predicted octanol–water partition coefficient (Wildman–Crippen LogP) is 2.72. The zero-order valence-corrected chi connectivity index (χ0v) is 14.6. The van der Waals surface area contributed by atoms with Gasteiger partial charge in [0, 0.05) is 38.4 Å². The van der Waals surface area contributed by atoms with Crippen LogP contribution >= 0.6 is 0 Å². The standard InChI is InChI=1S/C18H25N5O/c1-13(2)23-18(6-7-21-23)17-11-19-16(10-20-17)9-15-5-4-8-22(12-15)14(3)24/h6-7,10-11,13,15H,4-5,8-9,12H2,1-3H3/t15-/m1/s1. The Kier molecular flexibility index (Phi) is 4.92. The van der Waals surface area contributed by atoms with Crippen LogP contribution in [0.2, 0.25) is 0 Å². The van der Waals surface area contributed by atoms with Crippen molar-refractivity contribution < 1.29 is 4.79 Å². The Bertz CT molecular complexity index is 692. The summed E-state index contributed by atoms with van der Waals surface area (Å²) in [5.41, 5.74) is 2.83. The summed E-state index contributed by atoms with van der Waals surface area (Å²) in [6.45, 7) is 7.56. The van der Waals surface area contributed by atoms with Crippen LogP contribution in [0.1, 0.15) is 45.3 Å². The minimum Gasteiger partial charge on any atom is -0.343 e. The van der Waals surface area contributed by atoms with Crippen LogP contribution in [-0.4, -0.2) is 43.6 Å². The Balaban J connectivity index is 1.68. The smallest absolute Gasteiger partial charge is 0.219 e. The maximum absolute atomic E-state index is 11.5. The third-order valence-electron chi connectivity index (χ3n) is 4.59. The minimum atomic E-state index is 0.170. The molecule has 2 aromatic heterocycles. The fourth-order valence-corrected chi connectivity index (χ4v) is 3.33. The molecule has 1 aliphatic rings. The Morgan fingerprint density at radius 3 is 2.83 bits per heavy atom. The number of hydrogen-bond donors (Lipinski definition) is 0. The van der Waals surface area contributed by atoms with Crippen molar-refractivity contribution in [3.05, 3.63) is 30.4 Å². The molecule has 3 rings (SSSR count). The molecule has 1 atom stereocenters. The molecule has 1 fully saturated rings. The first kappa shape index (κ1) is 16.6. The van der Waals surface area contributed by atoms with Crippen molar-refractivity contribution >= 4 is 5.91 Å². The second kappa shape index (κ2) is 7.11. The van der Waals surface area contributed by atoms with Crippen LogP contribution in [0.4, 0.5) is 0 Å². The molecule has 24 heavy (non-hydrogen) atoms. The topological polar surface area (TPSA) is 63.9 Å². The number of hydrogen-bond acceptors (Lipinski definition) is 4. The third kappa shape index (κ3) is 3.63. The lowest BCUT2D eigenvalue weighted by molar-refractivity contribution is -0.130. The van der Waals surface area contributed by atoms with E-state index in [0.717, 1.165) is 49.4 Å². The molecule has 6 heteroatoms. The number of rotatable bonds is 4. The Hall–Kier alpha value is -2.24. The summed E-state index contributed by atoms with van der Waals surface area (Å²) in [7, 11) is 0. The van der Waals surface area contributed by atoms with Gasteiger partial charge in [0.15, 0.2) is 0 Å². The molecule has 0 aromatic carbocycles. The van der Waals surface area contributed by atoms with Crippen molar-refractivity contribution in [1.29, 1.82) is 0 Å². The van der Waals surface area contributed by atoms with Gasteiger partial charge in [0.2, 0.25) is 5.91 Å². The maximum Gasteiger partial charge on any atom is 0.219 e. The highest BCUT2D eigenvalue weighted by molar-refractivity contribution is 5.73. The van der Waals surface area contributed by atoms with E-state index in [2.05, 4.69) is 28.9 Å². The van der Waals surface area contributed by atoms with E-state index >= 15 is 0 Å². The molecule has 3 heterocycles. The highest BCUT2D eigenvalue weighted by Gasteiger charge is 2.22.